The molecule has 6 heteroatoms. The number of nitrogens with one attached hydrogen (secondary N) is 1. The lowest BCUT2D eigenvalue weighted by molar-refractivity contribution is -0.124. The summed E-state index contributed by atoms with van der Waals surface area (Å²) in [6.07, 6.45) is 11.5. The van der Waals surface area contributed by atoms with Gasteiger partial charge in [0, 0.05) is 13.7 Å². The minimum atomic E-state index is -0.623. The predicted molar refractivity (Wildman–Crippen MR) is 124 cm³/mol. The molecule has 0 spiro atoms. The fourth-order valence-corrected chi connectivity index (χ4v) is 8.62. The third kappa shape index (κ3) is 4.22. The van der Waals surface area contributed by atoms with Crippen LogP contribution in [0, 0.1) is 46.7 Å². The summed E-state index contributed by atoms with van der Waals surface area (Å²) in [4.78, 5) is 16.5. The zero-order valence-corrected chi connectivity index (χ0v) is 20.1. The summed E-state index contributed by atoms with van der Waals surface area (Å²) < 4.78 is 18.4. The van der Waals surface area contributed by atoms with Crippen LogP contribution in [0.5, 0.6) is 0 Å². The summed E-state index contributed by atoms with van der Waals surface area (Å²) in [6, 6.07) is 2.74. The Balaban J connectivity index is 1.22. The molecule has 4 fully saturated rings. The number of fused-ring (bicyclic) bond motifs is 5. The van der Waals surface area contributed by atoms with E-state index in [4.69, 9.17) is 4.74 Å². The van der Waals surface area contributed by atoms with E-state index in [0.29, 0.717) is 25.0 Å². The minimum absolute atomic E-state index is 0.206. The Bertz CT molecular complexity index is 863. The maximum absolute atomic E-state index is 13.1. The Kier molecular flexibility index (Phi) is 6.28. The molecule has 0 saturated heterocycles. The van der Waals surface area contributed by atoms with E-state index in [1.807, 2.05) is 0 Å². The van der Waals surface area contributed by atoms with E-state index in [0.717, 1.165) is 49.1 Å². The second-order valence-corrected chi connectivity index (χ2v) is 11.7. The van der Waals surface area contributed by atoms with Gasteiger partial charge >= 0.3 is 0 Å². The Morgan fingerprint density at radius 2 is 1.97 bits per heavy atom. The molecule has 0 unspecified atom stereocenters. The first-order valence-electron chi connectivity index (χ1n) is 12.9. The van der Waals surface area contributed by atoms with Gasteiger partial charge < -0.3 is 15.2 Å². The molecule has 182 valence electrons. The molecular weight excluding hydrogens is 419 g/mol. The number of hydrogen-bond acceptors (Lipinski definition) is 4. The molecule has 0 aliphatic heterocycles. The van der Waals surface area contributed by atoms with Crippen molar-refractivity contribution in [1.29, 1.82) is 0 Å². The summed E-state index contributed by atoms with van der Waals surface area (Å²) in [5.41, 5.74) is -0.0610. The zero-order valence-electron chi connectivity index (χ0n) is 20.1. The van der Waals surface area contributed by atoms with Crippen LogP contribution in [0.25, 0.3) is 0 Å². The molecule has 4 aliphatic carbocycles. The van der Waals surface area contributed by atoms with Crippen LogP contribution in [0.4, 0.5) is 4.39 Å². The van der Waals surface area contributed by atoms with Gasteiger partial charge in [-0.15, -0.1) is 0 Å². The Labute approximate surface area is 196 Å². The third-order valence-electron chi connectivity index (χ3n) is 10.2. The molecule has 2 N–H and O–H groups in total. The van der Waals surface area contributed by atoms with Crippen molar-refractivity contribution < 1.29 is 19.0 Å². The molecule has 0 bridgehead atoms. The number of pyridine rings is 1. The fourth-order valence-electron chi connectivity index (χ4n) is 8.62. The molecule has 1 amide bonds. The monoisotopic (exact) mass is 458 g/mol. The number of carbonyl (C=O) groups excluding carboxylic acids is 1. The van der Waals surface area contributed by atoms with Crippen LogP contribution in [-0.2, 0) is 4.74 Å². The molecule has 8 atom stereocenters. The highest BCUT2D eigenvalue weighted by Crippen LogP contribution is 2.64. The number of ether oxygens (including phenoxy) is 1. The first-order chi connectivity index (χ1) is 15.8. The average Bonchev–Trinajstić information content (AvgIpc) is 3.14. The molecule has 1 heterocycles. The number of amides is 1. The van der Waals surface area contributed by atoms with E-state index >= 15 is 0 Å². The van der Waals surface area contributed by atoms with Crippen LogP contribution < -0.4 is 5.32 Å². The maximum atomic E-state index is 13.1. The van der Waals surface area contributed by atoms with Gasteiger partial charge in [-0.1, -0.05) is 6.92 Å². The van der Waals surface area contributed by atoms with Gasteiger partial charge in [0.25, 0.3) is 5.91 Å². The van der Waals surface area contributed by atoms with Crippen molar-refractivity contribution in [2.75, 3.05) is 20.3 Å². The van der Waals surface area contributed by atoms with Crippen molar-refractivity contribution in [3.8, 4) is 0 Å². The molecule has 4 saturated carbocycles. The number of methoxy groups -OCH3 is 1. The lowest BCUT2D eigenvalue weighted by Crippen LogP contribution is -2.52. The molecule has 0 radical (unpaired) electrons. The Morgan fingerprint density at radius 1 is 1.15 bits per heavy atom. The quantitative estimate of drug-likeness (QED) is 0.677. The lowest BCUT2D eigenvalue weighted by atomic mass is 9.49. The van der Waals surface area contributed by atoms with Crippen molar-refractivity contribution in [2.24, 2.45) is 40.9 Å². The van der Waals surface area contributed by atoms with Gasteiger partial charge in [0.2, 0.25) is 0 Å². The largest absolute Gasteiger partial charge is 0.387 e. The van der Waals surface area contributed by atoms with E-state index in [9.17, 15) is 14.3 Å². The number of carbonyl (C=O) groups is 1. The van der Waals surface area contributed by atoms with Gasteiger partial charge in [0.1, 0.15) is 11.5 Å². The van der Waals surface area contributed by atoms with Crippen LogP contribution in [0.2, 0.25) is 0 Å². The van der Waals surface area contributed by atoms with E-state index < -0.39 is 11.4 Å². The van der Waals surface area contributed by atoms with Crippen LogP contribution in [0.3, 0.4) is 0 Å². The van der Waals surface area contributed by atoms with Gasteiger partial charge in [-0.25, -0.2) is 9.37 Å². The predicted octanol–water partition coefficient (Wildman–Crippen LogP) is 4.60. The van der Waals surface area contributed by atoms with Crippen LogP contribution in [0.1, 0.15) is 75.2 Å². The highest BCUT2D eigenvalue weighted by Gasteiger charge is 2.57. The molecule has 4 aliphatic rings. The number of nitrogens with zero attached hydrogens (tertiary/aromatic N) is 1. The van der Waals surface area contributed by atoms with Crippen molar-refractivity contribution >= 4 is 5.91 Å². The zero-order chi connectivity index (χ0) is 23.2. The average molecular weight is 459 g/mol. The minimum Gasteiger partial charge on any atom is -0.387 e. The smallest absolute Gasteiger partial charge is 0.269 e. The first-order valence-corrected chi connectivity index (χ1v) is 12.9. The molecule has 5 rings (SSSR count). The van der Waals surface area contributed by atoms with Gasteiger partial charge in [0.05, 0.1) is 18.4 Å². The normalized spacial score (nSPS) is 42.2. The van der Waals surface area contributed by atoms with Crippen LogP contribution in [0.15, 0.2) is 18.3 Å². The van der Waals surface area contributed by atoms with Gasteiger partial charge in [-0.05, 0) is 111 Å². The van der Waals surface area contributed by atoms with Crippen LogP contribution in [-0.4, -0.2) is 41.9 Å². The number of aromatic nitrogens is 1. The molecule has 5 nitrogen and oxygen atoms in total. The van der Waals surface area contributed by atoms with Gasteiger partial charge in [-0.2, -0.15) is 0 Å². The fraction of sp³-hybridized carbons (Fsp3) is 0.778. The third-order valence-corrected chi connectivity index (χ3v) is 10.2. The highest BCUT2D eigenvalue weighted by molar-refractivity contribution is 5.92. The summed E-state index contributed by atoms with van der Waals surface area (Å²) in [7, 11) is 1.69. The summed E-state index contributed by atoms with van der Waals surface area (Å²) >= 11 is 0. The number of hydrogen-bond donors (Lipinski definition) is 2. The van der Waals surface area contributed by atoms with E-state index in [-0.39, 0.29) is 17.0 Å². The standard InChI is InChI=1S/C27H39FN2O3/c1-26-11-9-21-20-10-12-27(32,16-33-2)13-17(20)3-6-22(21)23(26)7-4-18(26)14-30-25(31)24-8-5-19(28)15-29-24/h5,8,15,17-18,20-23,32H,3-4,6-7,9-14,16H2,1-2H3,(H,30,31)/t17-,18-,20+,21-,22-,23+,26-,27-/m1/s1. The van der Waals surface area contributed by atoms with Gasteiger partial charge in [0.15, 0.2) is 0 Å². The number of halogens is 1. The summed E-state index contributed by atoms with van der Waals surface area (Å²) in [5.74, 6) is 3.58. The summed E-state index contributed by atoms with van der Waals surface area (Å²) in [6.45, 7) is 3.61. The van der Waals surface area contributed by atoms with Crippen molar-refractivity contribution in [3.05, 3.63) is 29.8 Å². The SMILES string of the molecule is COC[C@@]1(O)CC[C@H]2[C@H](CC[C@@H]3[C@@H]2CC[C@]2(C)[C@@H](CNC(=O)c4ccc(F)cn4)CC[C@@H]32)C1. The molecule has 0 aromatic carbocycles. The Hall–Kier alpha value is -1.53. The molecule has 1 aromatic heterocycles. The lowest BCUT2D eigenvalue weighted by Gasteiger charge is -2.57. The first kappa shape index (κ1) is 23.2. The second-order valence-electron chi connectivity index (χ2n) is 11.7. The second kappa shape index (κ2) is 8.92. The maximum Gasteiger partial charge on any atom is 0.269 e. The van der Waals surface area contributed by atoms with Crippen molar-refractivity contribution in [2.45, 2.75) is 70.3 Å². The highest BCUT2D eigenvalue weighted by atomic mass is 19.1. The van der Waals surface area contributed by atoms with Crippen molar-refractivity contribution in [1.82, 2.24) is 10.3 Å². The molecular formula is C27H39FN2O3. The van der Waals surface area contributed by atoms with Crippen molar-refractivity contribution in [3.63, 3.8) is 0 Å². The van der Waals surface area contributed by atoms with E-state index in [1.54, 1.807) is 7.11 Å². The Morgan fingerprint density at radius 3 is 2.73 bits per heavy atom. The number of aliphatic hydroxyl groups is 1. The van der Waals surface area contributed by atoms with E-state index in [1.165, 1.54) is 50.7 Å². The molecule has 33 heavy (non-hydrogen) atoms. The number of rotatable bonds is 5. The van der Waals surface area contributed by atoms with Gasteiger partial charge in [-0.3, -0.25) is 4.79 Å². The topological polar surface area (TPSA) is 71.5 Å². The van der Waals surface area contributed by atoms with E-state index in [2.05, 4.69) is 17.2 Å². The molecule has 1 aromatic rings. The summed E-state index contributed by atoms with van der Waals surface area (Å²) in [5, 5.41) is 14.0. The van der Waals surface area contributed by atoms with Crippen LogP contribution >= 0.6 is 0 Å².